The van der Waals surface area contributed by atoms with Crippen molar-refractivity contribution in [3.8, 4) is 5.88 Å². The number of carbonyl (C=O) groups is 3. The number of cyclic esters (lactones) is 1. The molecule has 0 unspecified atom stereocenters. The molecule has 3 saturated heterocycles. The number of unbranched alkanes of at least 4 members (excludes halogenated alkanes) is 1. The van der Waals surface area contributed by atoms with Gasteiger partial charge in [-0.3, -0.25) is 14.2 Å². The number of ether oxygens (including phenoxy) is 7. The third-order valence-corrected chi connectivity index (χ3v) is 14.5. The van der Waals surface area contributed by atoms with Gasteiger partial charge in [-0.25, -0.2) is 13.2 Å². The Morgan fingerprint density at radius 1 is 1.06 bits per heavy atom. The molecule has 284 valence electrons. The maximum Gasteiger partial charge on any atom is 0.414 e. The number of benzene rings is 1. The fourth-order valence-corrected chi connectivity index (χ4v) is 11.4. The Hall–Kier alpha value is -4.06. The molecule has 3 aliphatic carbocycles. The molecule has 16 nitrogen and oxygen atoms in total. The van der Waals surface area contributed by atoms with Gasteiger partial charge >= 0.3 is 28.8 Å². The number of aromatic nitrogens is 2. The average molecular weight is 757 g/mol. The smallest absolute Gasteiger partial charge is 0.414 e. The normalized spacial score (nSPS) is 36.9. The van der Waals surface area contributed by atoms with Crippen LogP contribution in [0.4, 0.5) is 0 Å². The van der Waals surface area contributed by atoms with E-state index >= 15 is 0 Å². The molecule has 1 aromatic heterocycles. The van der Waals surface area contributed by atoms with Crippen molar-refractivity contribution in [3.63, 3.8) is 0 Å². The van der Waals surface area contributed by atoms with E-state index in [2.05, 4.69) is 16.7 Å². The van der Waals surface area contributed by atoms with E-state index in [0.29, 0.717) is 32.3 Å². The third-order valence-electron chi connectivity index (χ3n) is 12.7. The molecular weight excluding hydrogens is 716 g/mol. The minimum absolute atomic E-state index is 0.00188. The Labute approximate surface area is 304 Å². The summed E-state index contributed by atoms with van der Waals surface area (Å²) in [5.41, 5.74) is -0.926. The van der Waals surface area contributed by atoms with Crippen LogP contribution in [0.3, 0.4) is 0 Å². The second-order valence-corrected chi connectivity index (χ2v) is 17.4. The van der Waals surface area contributed by atoms with E-state index in [1.54, 1.807) is 6.07 Å². The Balaban J connectivity index is 0.788. The first-order chi connectivity index (χ1) is 25.3. The van der Waals surface area contributed by atoms with Crippen molar-refractivity contribution in [2.45, 2.75) is 117 Å². The minimum Gasteiger partial charge on any atom is -0.466 e. The number of rotatable bonds is 13. The summed E-state index contributed by atoms with van der Waals surface area (Å²) >= 11 is 0. The molecule has 5 heterocycles. The Kier molecular flexibility index (Phi) is 7.67. The van der Waals surface area contributed by atoms with Crippen LogP contribution in [-0.2, 0) is 52.6 Å². The van der Waals surface area contributed by atoms with Gasteiger partial charge < -0.3 is 38.4 Å². The van der Waals surface area contributed by atoms with E-state index in [9.17, 15) is 28.0 Å². The molecule has 1 aromatic carbocycles. The largest absolute Gasteiger partial charge is 0.466 e. The molecule has 17 heteroatoms. The molecule has 0 bridgehead atoms. The van der Waals surface area contributed by atoms with E-state index in [1.165, 1.54) is 24.3 Å². The predicted octanol–water partition coefficient (Wildman–Crippen LogP) is 2.29. The fraction of sp³-hybridized carbons (Fsp3) is 0.639. The lowest BCUT2D eigenvalue weighted by Gasteiger charge is -2.53. The second-order valence-electron chi connectivity index (χ2n) is 15.5. The number of epoxide rings is 3. The molecule has 5 fully saturated rings. The maximum atomic E-state index is 13.4. The first-order valence-corrected chi connectivity index (χ1v) is 19.6. The molecular formula is C36H40N2O14S. The minimum atomic E-state index is -4.24. The number of esters is 3. The van der Waals surface area contributed by atoms with Crippen LogP contribution in [0.1, 0.15) is 65.7 Å². The number of sulfone groups is 1. The number of hydrogen-bond donors (Lipinski definition) is 0. The highest BCUT2D eigenvalue weighted by molar-refractivity contribution is 7.91. The van der Waals surface area contributed by atoms with Crippen molar-refractivity contribution in [1.29, 1.82) is 0 Å². The molecule has 2 aromatic rings. The molecule has 2 spiro atoms. The molecule has 0 N–H and O–H groups in total. The van der Waals surface area contributed by atoms with E-state index < -0.39 is 55.6 Å². The number of carbonyl (C=O) groups excluding carboxylic acids is 3. The van der Waals surface area contributed by atoms with Gasteiger partial charge in [-0.2, -0.15) is 0 Å². The SMILES string of the molecule is CC(C)[C@]12O[C@H]1[C@@H]1O[C@]13[C@]1(O[C@H]1C[C@H]1C4=C(CC[C@@]13C)C(=O)OC4)[C@@H]2OC(=O)CCC(=O)OCCCCOc1no[n+]([O-])c1S(=O)(=O)c1ccccc1. The van der Waals surface area contributed by atoms with Crippen LogP contribution in [-0.4, -0.2) is 92.5 Å². The third kappa shape index (κ3) is 4.69. The van der Waals surface area contributed by atoms with Crippen LogP contribution in [0.25, 0.3) is 0 Å². The Morgan fingerprint density at radius 3 is 2.58 bits per heavy atom. The lowest BCUT2D eigenvalue weighted by atomic mass is 9.46. The number of nitrogens with zero attached hydrogens (tertiary/aromatic N) is 2. The van der Waals surface area contributed by atoms with Crippen molar-refractivity contribution in [2.75, 3.05) is 19.8 Å². The highest BCUT2D eigenvalue weighted by Crippen LogP contribution is 2.83. The monoisotopic (exact) mass is 756 g/mol. The number of fused-ring (bicyclic) bond motifs is 4. The summed E-state index contributed by atoms with van der Waals surface area (Å²) in [4.78, 5) is 38.2. The first-order valence-electron chi connectivity index (χ1n) is 18.1. The molecule has 7 aliphatic rings. The van der Waals surface area contributed by atoms with Gasteiger partial charge in [0.25, 0.3) is 9.84 Å². The van der Waals surface area contributed by atoms with Gasteiger partial charge in [0.15, 0.2) is 11.7 Å². The highest BCUT2D eigenvalue weighted by Gasteiger charge is 3.01. The summed E-state index contributed by atoms with van der Waals surface area (Å²) in [5.74, 6) is -1.80. The van der Waals surface area contributed by atoms with Crippen molar-refractivity contribution in [1.82, 2.24) is 5.16 Å². The highest BCUT2D eigenvalue weighted by atomic mass is 32.2. The summed E-state index contributed by atoms with van der Waals surface area (Å²) < 4.78 is 72.6. The van der Waals surface area contributed by atoms with Crippen molar-refractivity contribution in [3.05, 3.63) is 46.7 Å². The quantitative estimate of drug-likeness (QED) is 0.0943. The van der Waals surface area contributed by atoms with Crippen LogP contribution in [0.15, 0.2) is 56.0 Å². The van der Waals surface area contributed by atoms with E-state index in [4.69, 9.17) is 33.2 Å². The zero-order chi connectivity index (χ0) is 37.1. The van der Waals surface area contributed by atoms with Gasteiger partial charge in [0.2, 0.25) is 0 Å². The van der Waals surface area contributed by atoms with Crippen molar-refractivity contribution in [2.24, 2.45) is 17.3 Å². The van der Waals surface area contributed by atoms with Gasteiger partial charge in [-0.1, -0.05) is 39.0 Å². The summed E-state index contributed by atoms with van der Waals surface area (Å²) in [6, 6.07) is 7.35. The van der Waals surface area contributed by atoms with Crippen LogP contribution in [0.2, 0.25) is 0 Å². The molecule has 0 radical (unpaired) electrons. The van der Waals surface area contributed by atoms with E-state index in [1.807, 2.05) is 13.8 Å². The van der Waals surface area contributed by atoms with Crippen molar-refractivity contribution < 1.29 is 65.5 Å². The lowest BCUT2D eigenvalue weighted by molar-refractivity contribution is -0.832. The first kappa shape index (κ1) is 34.7. The predicted molar refractivity (Wildman–Crippen MR) is 173 cm³/mol. The van der Waals surface area contributed by atoms with Crippen molar-refractivity contribution >= 4 is 27.7 Å². The van der Waals surface area contributed by atoms with Gasteiger partial charge in [-0.05, 0) is 66.5 Å². The Bertz CT molecular complexity index is 2030. The summed E-state index contributed by atoms with van der Waals surface area (Å²) in [6.07, 6.45) is 0.830. The molecule has 53 heavy (non-hydrogen) atoms. The zero-order valence-corrected chi connectivity index (χ0v) is 30.3. The topological polar surface area (TPSA) is 213 Å². The van der Waals surface area contributed by atoms with Gasteiger partial charge in [-0.15, -0.1) is 0 Å². The lowest BCUT2D eigenvalue weighted by Crippen LogP contribution is -2.70. The standard InChI is InChI=1S/C36H40N2O14S/c1-19(2)34-27(50-34)28-36(51-28)33(3)14-13-21-22(18-47-31(21)41)23(33)17-24-35(36,49-24)32(34)48-26(40)12-11-25(39)45-15-7-8-16-46-29-30(38(42)52-37-29)53(43,44)20-9-5-4-6-10-20/h4-6,9-10,19,23-24,27-28,32H,7-8,11-18H2,1-3H3/t23-,24-,27-,28-,32+,33-,34-,35+,36+/m0/s1. The molecule has 4 aliphatic heterocycles. The summed E-state index contributed by atoms with van der Waals surface area (Å²) in [6.45, 7) is 6.57. The Morgan fingerprint density at radius 2 is 1.81 bits per heavy atom. The average Bonchev–Trinajstić information content (AvgIpc) is 4.07. The fourth-order valence-electron chi connectivity index (χ4n) is 10.1. The number of hydrogen-bond acceptors (Lipinski definition) is 15. The summed E-state index contributed by atoms with van der Waals surface area (Å²) in [7, 11) is -4.24. The second kappa shape index (κ2) is 11.7. The van der Waals surface area contributed by atoms with Crippen LogP contribution >= 0.6 is 0 Å². The van der Waals surface area contributed by atoms with Gasteiger partial charge in [0, 0.05) is 11.0 Å². The van der Waals surface area contributed by atoms with Gasteiger partial charge in [0.05, 0.1) is 42.2 Å². The van der Waals surface area contributed by atoms with E-state index in [-0.39, 0.29) is 77.4 Å². The molecule has 0 amide bonds. The molecule has 9 rings (SSSR count). The maximum absolute atomic E-state index is 13.4. The molecule has 9 atom stereocenters. The van der Waals surface area contributed by atoms with Crippen LogP contribution in [0, 0.1) is 22.5 Å². The van der Waals surface area contributed by atoms with Gasteiger partial charge in [0.1, 0.15) is 30.0 Å². The molecule has 2 saturated carbocycles. The van der Waals surface area contributed by atoms with Crippen LogP contribution in [0.5, 0.6) is 5.88 Å². The summed E-state index contributed by atoms with van der Waals surface area (Å²) in [5, 5.41) is 14.7. The van der Waals surface area contributed by atoms with E-state index in [0.717, 1.165) is 17.6 Å². The van der Waals surface area contributed by atoms with Crippen LogP contribution < -0.4 is 9.64 Å². The zero-order valence-electron chi connectivity index (χ0n) is 29.4.